The molecule has 3 heterocycles. The molecule has 0 bridgehead atoms. The quantitative estimate of drug-likeness (QED) is 0.437. The van der Waals surface area contributed by atoms with Crippen molar-refractivity contribution in [1.82, 2.24) is 14.4 Å². The number of aromatic nitrogens is 1. The molecule has 2 aliphatic rings. The van der Waals surface area contributed by atoms with E-state index < -0.39 is 0 Å². The van der Waals surface area contributed by atoms with Crippen LogP contribution in [0.5, 0.6) is 0 Å². The fraction of sp³-hybridized carbons (Fsp3) is 0.214. The first-order chi connectivity index (χ1) is 16.6. The molecule has 1 saturated heterocycles. The Morgan fingerprint density at radius 3 is 2.50 bits per heavy atom. The van der Waals surface area contributed by atoms with E-state index in [9.17, 15) is 14.0 Å². The van der Waals surface area contributed by atoms with Crippen LogP contribution < -0.4 is 0 Å². The maximum absolute atomic E-state index is 13.8. The van der Waals surface area contributed by atoms with Gasteiger partial charge in [0.15, 0.2) is 0 Å². The monoisotopic (exact) mass is 453 g/mol. The number of nitrogens with zero attached hydrogens (tertiary/aromatic N) is 3. The predicted molar refractivity (Wildman–Crippen MR) is 128 cm³/mol. The largest absolute Gasteiger partial charge is 0.338 e. The summed E-state index contributed by atoms with van der Waals surface area (Å²) in [6.45, 7) is 1.88. The third-order valence-electron chi connectivity index (χ3n) is 7.09. The van der Waals surface area contributed by atoms with Gasteiger partial charge < -0.3 is 14.4 Å². The van der Waals surface area contributed by atoms with Crippen LogP contribution in [0.1, 0.15) is 39.1 Å². The minimum atomic E-state index is -0.297. The molecule has 1 fully saturated rings. The summed E-state index contributed by atoms with van der Waals surface area (Å²) < 4.78 is 15.7. The lowest BCUT2D eigenvalue weighted by atomic mass is 10.0. The van der Waals surface area contributed by atoms with Crippen molar-refractivity contribution < 1.29 is 14.0 Å². The standard InChI is InChI=1S/C28H24FN3O2/c29-20-6-3-7-22(17-20)31-16-13-24-25(9-4-10-26(24)31)27(33)30-14-11-21(12-15-30)32-18-19-5-1-2-8-23(19)28(32)34/h1-10,13,16-17,21H,11-12,14-15,18H2. The van der Waals surface area contributed by atoms with Gasteiger partial charge in [-0.3, -0.25) is 9.59 Å². The van der Waals surface area contributed by atoms with Gasteiger partial charge in [0.25, 0.3) is 11.8 Å². The second-order valence-corrected chi connectivity index (χ2v) is 9.02. The molecule has 0 spiro atoms. The smallest absolute Gasteiger partial charge is 0.254 e. The lowest BCUT2D eigenvalue weighted by Gasteiger charge is -2.36. The number of fused-ring (bicyclic) bond motifs is 2. The summed E-state index contributed by atoms with van der Waals surface area (Å²) >= 11 is 0. The zero-order chi connectivity index (χ0) is 23.2. The number of carbonyl (C=O) groups is 2. The van der Waals surface area contributed by atoms with Crippen LogP contribution in [0.25, 0.3) is 16.6 Å². The van der Waals surface area contributed by atoms with Crippen molar-refractivity contribution in [2.75, 3.05) is 13.1 Å². The molecule has 170 valence electrons. The van der Waals surface area contributed by atoms with E-state index in [0.717, 1.165) is 40.6 Å². The molecule has 6 rings (SSSR count). The Morgan fingerprint density at radius 1 is 0.912 bits per heavy atom. The zero-order valence-electron chi connectivity index (χ0n) is 18.7. The summed E-state index contributed by atoms with van der Waals surface area (Å²) in [5, 5.41) is 0.851. The number of rotatable bonds is 3. The summed E-state index contributed by atoms with van der Waals surface area (Å²) in [6.07, 6.45) is 3.41. The Hall–Kier alpha value is -3.93. The van der Waals surface area contributed by atoms with E-state index in [0.29, 0.717) is 25.2 Å². The van der Waals surface area contributed by atoms with Gasteiger partial charge in [-0.1, -0.05) is 30.3 Å². The van der Waals surface area contributed by atoms with Gasteiger partial charge in [-0.2, -0.15) is 0 Å². The van der Waals surface area contributed by atoms with E-state index in [4.69, 9.17) is 0 Å². The maximum atomic E-state index is 13.8. The fourth-order valence-electron chi connectivity index (χ4n) is 5.33. The Morgan fingerprint density at radius 2 is 1.71 bits per heavy atom. The zero-order valence-corrected chi connectivity index (χ0v) is 18.7. The highest BCUT2D eigenvalue weighted by Gasteiger charge is 2.35. The first-order valence-electron chi connectivity index (χ1n) is 11.6. The molecule has 3 aromatic carbocycles. The van der Waals surface area contributed by atoms with Crippen molar-refractivity contribution in [1.29, 1.82) is 0 Å². The van der Waals surface area contributed by atoms with Crippen molar-refractivity contribution in [3.8, 4) is 5.69 Å². The van der Waals surface area contributed by atoms with Crippen LogP contribution in [0.3, 0.4) is 0 Å². The number of likely N-dealkylation sites (tertiary alicyclic amines) is 1. The van der Waals surface area contributed by atoms with Crippen molar-refractivity contribution in [3.63, 3.8) is 0 Å². The number of benzene rings is 3. The van der Waals surface area contributed by atoms with E-state index in [-0.39, 0.29) is 23.7 Å². The average molecular weight is 454 g/mol. The molecule has 5 nitrogen and oxygen atoms in total. The molecule has 0 N–H and O–H groups in total. The molecule has 0 saturated carbocycles. The van der Waals surface area contributed by atoms with Gasteiger partial charge >= 0.3 is 0 Å². The van der Waals surface area contributed by atoms with Crippen molar-refractivity contribution in [2.24, 2.45) is 0 Å². The van der Waals surface area contributed by atoms with Crippen LogP contribution >= 0.6 is 0 Å². The van der Waals surface area contributed by atoms with Crippen LogP contribution in [-0.4, -0.2) is 45.3 Å². The molecule has 0 aliphatic carbocycles. The van der Waals surface area contributed by atoms with Crippen molar-refractivity contribution >= 4 is 22.7 Å². The van der Waals surface area contributed by atoms with E-state index >= 15 is 0 Å². The Bertz CT molecular complexity index is 1420. The van der Waals surface area contributed by atoms with Gasteiger partial charge in [0.2, 0.25) is 0 Å². The number of hydrogen-bond donors (Lipinski definition) is 0. The average Bonchev–Trinajstić information content (AvgIpc) is 3.45. The summed E-state index contributed by atoms with van der Waals surface area (Å²) in [5.41, 5.74) is 4.12. The van der Waals surface area contributed by atoms with Crippen molar-refractivity contribution in [2.45, 2.75) is 25.4 Å². The second-order valence-electron chi connectivity index (χ2n) is 9.02. The first kappa shape index (κ1) is 20.7. The Kier molecular flexibility index (Phi) is 4.94. The van der Waals surface area contributed by atoms with Gasteiger partial charge in [-0.15, -0.1) is 0 Å². The molecule has 2 aliphatic heterocycles. The Labute approximate surface area is 197 Å². The molecule has 6 heteroatoms. The molecule has 0 atom stereocenters. The van der Waals surface area contributed by atoms with Gasteiger partial charge in [0.05, 0.1) is 5.52 Å². The molecule has 4 aromatic rings. The van der Waals surface area contributed by atoms with E-state index in [1.807, 2.05) is 75.2 Å². The molecule has 1 aromatic heterocycles. The lowest BCUT2D eigenvalue weighted by Crippen LogP contribution is -2.46. The van der Waals surface area contributed by atoms with Gasteiger partial charge in [0.1, 0.15) is 5.82 Å². The summed E-state index contributed by atoms with van der Waals surface area (Å²) in [7, 11) is 0. The van der Waals surface area contributed by atoms with Crippen LogP contribution in [0.15, 0.2) is 79.0 Å². The molecule has 34 heavy (non-hydrogen) atoms. The first-order valence-corrected chi connectivity index (χ1v) is 11.6. The van der Waals surface area contributed by atoms with Crippen LogP contribution in [0, 0.1) is 5.82 Å². The number of carbonyl (C=O) groups excluding carboxylic acids is 2. The maximum Gasteiger partial charge on any atom is 0.254 e. The third-order valence-corrected chi connectivity index (χ3v) is 7.09. The highest BCUT2D eigenvalue weighted by atomic mass is 19.1. The third kappa shape index (κ3) is 3.37. The summed E-state index contributed by atoms with van der Waals surface area (Å²) in [5.74, 6) is -0.199. The lowest BCUT2D eigenvalue weighted by molar-refractivity contribution is 0.0536. The topological polar surface area (TPSA) is 45.6 Å². The van der Waals surface area contributed by atoms with Gasteiger partial charge in [-0.05, 0) is 60.9 Å². The minimum absolute atomic E-state index is 0.00271. The fourth-order valence-corrected chi connectivity index (χ4v) is 5.33. The van der Waals surface area contributed by atoms with Crippen molar-refractivity contribution in [3.05, 3.63) is 102 Å². The second kappa shape index (κ2) is 8.13. The van der Waals surface area contributed by atoms with E-state index in [2.05, 4.69) is 0 Å². The number of halogens is 1. The van der Waals surface area contributed by atoms with E-state index in [1.165, 1.54) is 12.1 Å². The van der Waals surface area contributed by atoms with E-state index in [1.54, 1.807) is 6.07 Å². The number of amides is 2. The highest BCUT2D eigenvalue weighted by molar-refractivity contribution is 6.07. The number of hydrogen-bond acceptors (Lipinski definition) is 2. The highest BCUT2D eigenvalue weighted by Crippen LogP contribution is 2.30. The normalized spacial score (nSPS) is 16.3. The van der Waals surface area contributed by atoms with Gasteiger partial charge in [-0.25, -0.2) is 4.39 Å². The number of piperidine rings is 1. The summed E-state index contributed by atoms with van der Waals surface area (Å²) in [6, 6.07) is 22.0. The summed E-state index contributed by atoms with van der Waals surface area (Å²) in [4.78, 5) is 30.2. The molecular weight excluding hydrogens is 429 g/mol. The van der Waals surface area contributed by atoms with Crippen LogP contribution in [-0.2, 0) is 6.54 Å². The molecule has 2 amide bonds. The van der Waals surface area contributed by atoms with Gasteiger partial charge in [0, 0.05) is 54.1 Å². The SMILES string of the molecule is O=C(c1cccc2c1ccn2-c1cccc(F)c1)N1CCC(N2Cc3ccccc3C2=O)CC1. The Balaban J connectivity index is 1.20. The predicted octanol–water partition coefficient (Wildman–Crippen LogP) is 5.03. The minimum Gasteiger partial charge on any atom is -0.338 e. The van der Waals surface area contributed by atoms with Crippen LogP contribution in [0.2, 0.25) is 0 Å². The van der Waals surface area contributed by atoms with Crippen LogP contribution in [0.4, 0.5) is 4.39 Å². The molecular formula is C28H24FN3O2. The molecule has 0 unspecified atom stereocenters. The molecule has 0 radical (unpaired) electrons.